The van der Waals surface area contributed by atoms with Gasteiger partial charge in [-0.3, -0.25) is 5.41 Å². The van der Waals surface area contributed by atoms with Crippen LogP contribution in [-0.2, 0) is 9.47 Å². The minimum atomic E-state index is -1.70. The number of hydrogen-bond acceptors (Lipinski definition) is 6. The van der Waals surface area contributed by atoms with Crippen LogP contribution in [0.2, 0.25) is 0 Å². The van der Waals surface area contributed by atoms with Crippen LogP contribution in [0, 0.1) is 62.1 Å². The Balaban J connectivity index is 2.17. The predicted molar refractivity (Wildman–Crippen MR) is 88.8 cm³/mol. The Morgan fingerprint density at radius 2 is 1.80 bits per heavy atom. The van der Waals surface area contributed by atoms with Gasteiger partial charge < -0.3 is 9.47 Å². The van der Waals surface area contributed by atoms with Gasteiger partial charge in [0.25, 0.3) is 0 Å². The van der Waals surface area contributed by atoms with Crippen molar-refractivity contribution in [2.24, 2.45) is 22.7 Å². The molecule has 0 aromatic heterocycles. The first-order chi connectivity index (χ1) is 12.0. The molecular formula is C19H24N4O2. The SMILES string of the molecule is CCCC1CCC23OC(=N)C(C#N)(C2C1)C(C#N)(C#N)C(CCC)O3. The van der Waals surface area contributed by atoms with E-state index in [9.17, 15) is 15.8 Å². The summed E-state index contributed by atoms with van der Waals surface area (Å²) in [6, 6.07) is 6.42. The van der Waals surface area contributed by atoms with Crippen molar-refractivity contribution in [1.82, 2.24) is 0 Å². The summed E-state index contributed by atoms with van der Waals surface area (Å²) in [5.74, 6) is -1.30. The van der Waals surface area contributed by atoms with Crippen molar-refractivity contribution in [3.63, 3.8) is 0 Å². The topological polar surface area (TPSA) is 114 Å². The second-order valence-corrected chi connectivity index (χ2v) is 7.57. The first-order valence-corrected chi connectivity index (χ1v) is 9.19. The Hall–Kier alpha value is -2.10. The summed E-state index contributed by atoms with van der Waals surface area (Å²) in [5.41, 5.74) is -3.24. The van der Waals surface area contributed by atoms with Crippen LogP contribution < -0.4 is 0 Å². The van der Waals surface area contributed by atoms with E-state index in [4.69, 9.17) is 14.9 Å². The maximum atomic E-state index is 10.1. The Kier molecular flexibility index (Phi) is 4.26. The molecule has 2 aliphatic heterocycles. The zero-order valence-electron chi connectivity index (χ0n) is 14.8. The van der Waals surface area contributed by atoms with Gasteiger partial charge in [0.05, 0.1) is 30.2 Å². The van der Waals surface area contributed by atoms with E-state index in [2.05, 4.69) is 25.1 Å². The van der Waals surface area contributed by atoms with Crippen LogP contribution in [0.3, 0.4) is 0 Å². The number of rotatable bonds is 4. The molecule has 0 radical (unpaired) electrons. The number of nitrogens with one attached hydrogen (secondary N) is 1. The highest BCUT2D eigenvalue weighted by Gasteiger charge is 2.80. The molecule has 5 atom stereocenters. The molecule has 3 rings (SSSR count). The molecule has 0 amide bonds. The molecule has 0 aromatic rings. The summed E-state index contributed by atoms with van der Waals surface area (Å²) in [7, 11) is 0. The Labute approximate surface area is 148 Å². The molecule has 6 heteroatoms. The van der Waals surface area contributed by atoms with Crippen LogP contribution in [-0.4, -0.2) is 17.8 Å². The van der Waals surface area contributed by atoms with Crippen molar-refractivity contribution in [3.05, 3.63) is 0 Å². The van der Waals surface area contributed by atoms with Gasteiger partial charge in [0.15, 0.2) is 10.8 Å². The number of nitrogens with zero attached hydrogens (tertiary/aromatic N) is 3. The second-order valence-electron chi connectivity index (χ2n) is 7.57. The Morgan fingerprint density at radius 1 is 1.12 bits per heavy atom. The zero-order valence-corrected chi connectivity index (χ0v) is 14.8. The molecule has 3 fully saturated rings. The summed E-state index contributed by atoms with van der Waals surface area (Å²) in [6.07, 6.45) is 4.78. The standard InChI is InChI=1S/C19H24N4O2/c1-3-5-13-7-8-19-14(9-13)18(12-22,16(23)25-19)17(10-20,11-21)15(24-19)6-4-2/h13-15,23H,3-9H2,1-2H3. The van der Waals surface area contributed by atoms with E-state index in [-0.39, 0.29) is 5.90 Å². The minimum absolute atomic E-state index is 0.251. The average molecular weight is 340 g/mol. The van der Waals surface area contributed by atoms with E-state index in [0.717, 1.165) is 25.7 Å². The molecule has 2 bridgehead atoms. The van der Waals surface area contributed by atoms with Crippen LogP contribution in [0.15, 0.2) is 0 Å². The summed E-state index contributed by atoms with van der Waals surface area (Å²) in [5, 5.41) is 38.5. The van der Waals surface area contributed by atoms with E-state index in [0.29, 0.717) is 25.2 Å². The van der Waals surface area contributed by atoms with Crippen molar-refractivity contribution in [3.8, 4) is 18.2 Å². The quantitative estimate of drug-likeness (QED) is 0.839. The summed E-state index contributed by atoms with van der Waals surface area (Å²) < 4.78 is 12.1. The van der Waals surface area contributed by atoms with Gasteiger partial charge in [0.1, 0.15) is 0 Å². The number of nitriles is 3. The fourth-order valence-corrected chi connectivity index (χ4v) is 5.22. The lowest BCUT2D eigenvalue weighted by Crippen LogP contribution is -2.64. The molecule has 0 aromatic carbocycles. The molecule has 1 N–H and O–H groups in total. The molecule has 6 nitrogen and oxygen atoms in total. The Bertz CT molecular complexity index is 686. The van der Waals surface area contributed by atoms with Gasteiger partial charge >= 0.3 is 0 Å². The lowest BCUT2D eigenvalue weighted by molar-refractivity contribution is -0.297. The maximum absolute atomic E-state index is 10.1. The monoisotopic (exact) mass is 340 g/mol. The van der Waals surface area contributed by atoms with E-state index in [1.165, 1.54) is 0 Å². The molecular weight excluding hydrogens is 316 g/mol. The van der Waals surface area contributed by atoms with Crippen LogP contribution in [0.4, 0.5) is 0 Å². The van der Waals surface area contributed by atoms with E-state index in [1.807, 2.05) is 6.92 Å². The smallest absolute Gasteiger partial charge is 0.217 e. The van der Waals surface area contributed by atoms with E-state index in [1.54, 1.807) is 0 Å². The van der Waals surface area contributed by atoms with Gasteiger partial charge in [-0.25, -0.2) is 0 Å². The highest BCUT2D eigenvalue weighted by Crippen LogP contribution is 2.67. The normalized spacial score (nSPS) is 40.9. The van der Waals surface area contributed by atoms with Gasteiger partial charge in [-0.2, -0.15) is 15.8 Å². The maximum Gasteiger partial charge on any atom is 0.217 e. The predicted octanol–water partition coefficient (Wildman–Crippen LogP) is 3.65. The summed E-state index contributed by atoms with van der Waals surface area (Å²) in [4.78, 5) is 0. The lowest BCUT2D eigenvalue weighted by atomic mass is 9.50. The molecule has 1 saturated carbocycles. The van der Waals surface area contributed by atoms with E-state index >= 15 is 0 Å². The van der Waals surface area contributed by atoms with Crippen LogP contribution in [0.5, 0.6) is 0 Å². The largest absolute Gasteiger partial charge is 0.447 e. The fraction of sp³-hybridized carbons (Fsp3) is 0.789. The molecule has 25 heavy (non-hydrogen) atoms. The van der Waals surface area contributed by atoms with Crippen LogP contribution in [0.1, 0.15) is 58.8 Å². The number of ether oxygens (including phenoxy) is 2. The lowest BCUT2D eigenvalue weighted by Gasteiger charge is -2.52. The minimum Gasteiger partial charge on any atom is -0.447 e. The van der Waals surface area contributed by atoms with Crippen molar-refractivity contribution < 1.29 is 9.47 Å². The molecule has 5 unspecified atom stereocenters. The fourth-order valence-electron chi connectivity index (χ4n) is 5.22. The highest BCUT2D eigenvalue weighted by molar-refractivity contribution is 5.89. The van der Waals surface area contributed by atoms with Gasteiger partial charge in [0, 0.05) is 6.42 Å². The molecule has 1 aliphatic carbocycles. The summed E-state index contributed by atoms with van der Waals surface area (Å²) in [6.45, 7) is 4.08. The number of hydrogen-bond donors (Lipinski definition) is 1. The van der Waals surface area contributed by atoms with Gasteiger partial charge in [-0.05, 0) is 25.2 Å². The second kappa shape index (κ2) is 6.01. The first-order valence-electron chi connectivity index (χ1n) is 9.19. The van der Waals surface area contributed by atoms with Crippen molar-refractivity contribution in [2.75, 3.05) is 0 Å². The molecule has 0 spiro atoms. The third-order valence-electron chi connectivity index (χ3n) is 6.38. The summed E-state index contributed by atoms with van der Waals surface area (Å²) >= 11 is 0. The highest BCUT2D eigenvalue weighted by atomic mass is 16.7. The van der Waals surface area contributed by atoms with E-state index < -0.39 is 28.6 Å². The van der Waals surface area contributed by atoms with Crippen molar-refractivity contribution >= 4 is 5.90 Å². The Morgan fingerprint density at radius 3 is 2.36 bits per heavy atom. The molecule has 132 valence electrons. The third kappa shape index (κ3) is 2.00. The molecule has 3 aliphatic rings. The molecule has 2 heterocycles. The third-order valence-corrected chi connectivity index (χ3v) is 6.38. The van der Waals surface area contributed by atoms with Crippen LogP contribution in [0.25, 0.3) is 0 Å². The zero-order chi connectivity index (χ0) is 18.3. The van der Waals surface area contributed by atoms with Crippen LogP contribution >= 0.6 is 0 Å². The van der Waals surface area contributed by atoms with Gasteiger partial charge in [0.2, 0.25) is 11.7 Å². The van der Waals surface area contributed by atoms with Crippen molar-refractivity contribution in [1.29, 1.82) is 21.2 Å². The molecule has 2 saturated heterocycles. The van der Waals surface area contributed by atoms with Gasteiger partial charge in [-0.15, -0.1) is 0 Å². The first kappa shape index (κ1) is 17.7. The van der Waals surface area contributed by atoms with Crippen molar-refractivity contribution in [2.45, 2.75) is 70.7 Å². The van der Waals surface area contributed by atoms with Gasteiger partial charge in [-0.1, -0.05) is 33.1 Å². The average Bonchev–Trinajstić information content (AvgIpc) is 2.81.